The van der Waals surface area contributed by atoms with Crippen molar-refractivity contribution in [3.63, 3.8) is 0 Å². The Labute approximate surface area is 264 Å². The van der Waals surface area contributed by atoms with Crippen LogP contribution in [0.4, 0.5) is 0 Å². The van der Waals surface area contributed by atoms with E-state index >= 15 is 0 Å². The first kappa shape index (κ1) is 29.3. The molecule has 1 aromatic heterocycles. The number of hydrogen-bond donors (Lipinski definition) is 0. The number of halogens is 1. The molecule has 220 valence electrons. The summed E-state index contributed by atoms with van der Waals surface area (Å²) < 4.78 is 14.4. The average Bonchev–Trinajstić information content (AvgIpc) is 3.04. The summed E-state index contributed by atoms with van der Waals surface area (Å²) >= 11 is 3.49. The molecule has 0 N–H and O–H groups in total. The zero-order valence-electron chi connectivity index (χ0n) is 25.0. The predicted molar refractivity (Wildman–Crippen MR) is 182 cm³/mol. The highest BCUT2D eigenvalue weighted by Crippen LogP contribution is 2.34. The number of benzene rings is 5. The third-order valence-electron chi connectivity index (χ3n) is 7.73. The number of nitrogens with zero attached hydrogens (tertiary/aromatic N) is 3. The number of fused-ring (bicyclic) bond motifs is 2. The molecule has 0 radical (unpaired) electrons. The van der Waals surface area contributed by atoms with E-state index in [2.05, 4.69) is 41.9 Å². The molecule has 0 bridgehead atoms. The third-order valence-corrected chi connectivity index (χ3v) is 8.26. The molecule has 6 rings (SSSR count). The lowest BCUT2D eigenvalue weighted by molar-refractivity contribution is 0.306. The van der Waals surface area contributed by atoms with Gasteiger partial charge in [-0.3, -0.25) is 4.79 Å². The van der Waals surface area contributed by atoms with E-state index in [1.165, 1.54) is 4.68 Å². The van der Waals surface area contributed by atoms with E-state index in [0.717, 1.165) is 48.8 Å². The molecule has 6 aromatic rings. The van der Waals surface area contributed by atoms with Gasteiger partial charge in [0, 0.05) is 15.6 Å². The number of aryl methyl sites for hydroxylation is 1. The van der Waals surface area contributed by atoms with E-state index in [0.29, 0.717) is 29.1 Å². The first-order chi connectivity index (χ1) is 21.3. The normalized spacial score (nSPS) is 11.6. The van der Waals surface area contributed by atoms with Crippen LogP contribution in [0, 0.1) is 6.92 Å². The zero-order valence-corrected chi connectivity index (χ0v) is 26.6. The molecule has 7 heteroatoms. The van der Waals surface area contributed by atoms with E-state index in [1.807, 2.05) is 85.8 Å². The molecule has 0 saturated heterocycles. The molecule has 1 heterocycles. The van der Waals surface area contributed by atoms with Crippen LogP contribution in [0.15, 0.2) is 111 Å². The summed E-state index contributed by atoms with van der Waals surface area (Å²) in [6.07, 6.45) is 1.71. The first-order valence-corrected chi connectivity index (χ1v) is 15.3. The van der Waals surface area contributed by atoms with Crippen LogP contribution in [0.25, 0.3) is 33.1 Å². The van der Waals surface area contributed by atoms with Gasteiger partial charge in [-0.25, -0.2) is 4.98 Å². The van der Waals surface area contributed by atoms with Crippen LogP contribution >= 0.6 is 15.9 Å². The van der Waals surface area contributed by atoms with Crippen molar-refractivity contribution in [2.24, 2.45) is 5.10 Å². The Balaban J connectivity index is 1.53. The summed E-state index contributed by atoms with van der Waals surface area (Å²) in [6.45, 7) is 6.62. The lowest BCUT2D eigenvalue weighted by Gasteiger charge is -2.17. The summed E-state index contributed by atoms with van der Waals surface area (Å²) in [5.74, 6) is 2.14. The summed E-state index contributed by atoms with van der Waals surface area (Å²) in [6, 6.07) is 31.5. The van der Waals surface area contributed by atoms with Crippen LogP contribution in [0.2, 0.25) is 0 Å². The van der Waals surface area contributed by atoms with Gasteiger partial charge in [-0.1, -0.05) is 84.4 Å². The van der Waals surface area contributed by atoms with Crippen LogP contribution in [0.3, 0.4) is 0 Å². The maximum Gasteiger partial charge on any atom is 0.282 e. The standard InChI is InChI=1S/C37H32BrN3O3/c1-23(2)30-20-31(24(3)19-35(30)43-4)36-40-33-12-8-7-11-29(33)37(42)41(36)39-21-32-28-10-6-5-9-26(28)15-18-34(32)44-22-25-13-16-27(38)17-14-25/h5-21,23H,22H2,1-4H3. The van der Waals surface area contributed by atoms with Crippen molar-refractivity contribution in [1.29, 1.82) is 0 Å². The van der Waals surface area contributed by atoms with Gasteiger partial charge in [-0.2, -0.15) is 9.78 Å². The Morgan fingerprint density at radius 3 is 2.39 bits per heavy atom. The van der Waals surface area contributed by atoms with Gasteiger partial charge in [-0.15, -0.1) is 0 Å². The molecule has 5 aromatic carbocycles. The van der Waals surface area contributed by atoms with Crippen molar-refractivity contribution in [1.82, 2.24) is 9.66 Å². The molecule has 0 aliphatic heterocycles. The van der Waals surface area contributed by atoms with Crippen LogP contribution in [0.5, 0.6) is 11.5 Å². The molecular formula is C37H32BrN3O3. The Bertz CT molecular complexity index is 2080. The maximum absolute atomic E-state index is 14.0. The largest absolute Gasteiger partial charge is 0.496 e. The van der Waals surface area contributed by atoms with Crippen molar-refractivity contribution in [2.75, 3.05) is 7.11 Å². The zero-order chi connectivity index (χ0) is 30.8. The maximum atomic E-state index is 14.0. The molecule has 0 atom stereocenters. The minimum Gasteiger partial charge on any atom is -0.496 e. The minimum atomic E-state index is -0.249. The predicted octanol–water partition coefficient (Wildman–Crippen LogP) is 8.88. The van der Waals surface area contributed by atoms with Crippen molar-refractivity contribution in [2.45, 2.75) is 33.3 Å². The molecule has 44 heavy (non-hydrogen) atoms. The Hall–Kier alpha value is -4.75. The number of hydrogen-bond acceptors (Lipinski definition) is 5. The fourth-order valence-corrected chi connectivity index (χ4v) is 5.63. The van der Waals surface area contributed by atoms with Crippen molar-refractivity contribution in [3.05, 3.63) is 134 Å². The Morgan fingerprint density at radius 1 is 0.909 bits per heavy atom. The monoisotopic (exact) mass is 645 g/mol. The third kappa shape index (κ3) is 5.75. The lowest BCUT2D eigenvalue weighted by Crippen LogP contribution is -2.21. The first-order valence-electron chi connectivity index (χ1n) is 14.5. The van der Waals surface area contributed by atoms with E-state index in [-0.39, 0.29) is 11.5 Å². The molecule has 0 fully saturated rings. The second-order valence-corrected chi connectivity index (χ2v) is 11.9. The highest BCUT2D eigenvalue weighted by Gasteiger charge is 2.19. The number of methoxy groups -OCH3 is 1. The fraction of sp³-hybridized carbons (Fsp3) is 0.162. The van der Waals surface area contributed by atoms with Gasteiger partial charge in [-0.05, 0) is 82.8 Å². The fourth-order valence-electron chi connectivity index (χ4n) is 5.36. The van der Waals surface area contributed by atoms with Gasteiger partial charge >= 0.3 is 0 Å². The SMILES string of the molecule is COc1cc(C)c(-c2nc3ccccc3c(=O)n2N=Cc2c(OCc3ccc(Br)cc3)ccc3ccccc23)cc1C(C)C. The number of para-hydroxylation sites is 1. The minimum absolute atomic E-state index is 0.203. The topological polar surface area (TPSA) is 65.7 Å². The van der Waals surface area contributed by atoms with Gasteiger partial charge in [0.1, 0.15) is 18.1 Å². The number of rotatable bonds is 8. The van der Waals surface area contributed by atoms with Crippen molar-refractivity contribution < 1.29 is 9.47 Å². The number of ether oxygens (including phenoxy) is 2. The van der Waals surface area contributed by atoms with Crippen LogP contribution in [-0.4, -0.2) is 23.0 Å². The highest BCUT2D eigenvalue weighted by atomic mass is 79.9. The highest BCUT2D eigenvalue weighted by molar-refractivity contribution is 9.10. The van der Waals surface area contributed by atoms with E-state index in [1.54, 1.807) is 19.4 Å². The summed E-state index contributed by atoms with van der Waals surface area (Å²) in [5.41, 5.74) is 4.96. The van der Waals surface area contributed by atoms with Gasteiger partial charge < -0.3 is 9.47 Å². The van der Waals surface area contributed by atoms with Gasteiger partial charge in [0.05, 0.1) is 24.2 Å². The van der Waals surface area contributed by atoms with Crippen LogP contribution < -0.4 is 15.0 Å². The Morgan fingerprint density at radius 2 is 1.64 bits per heavy atom. The van der Waals surface area contributed by atoms with Gasteiger partial charge in [0.25, 0.3) is 5.56 Å². The molecule has 0 saturated carbocycles. The number of aromatic nitrogens is 2. The van der Waals surface area contributed by atoms with E-state index in [9.17, 15) is 4.79 Å². The van der Waals surface area contributed by atoms with Crippen LogP contribution in [0.1, 0.15) is 42.0 Å². The van der Waals surface area contributed by atoms with Gasteiger partial charge in [0.15, 0.2) is 5.82 Å². The van der Waals surface area contributed by atoms with Gasteiger partial charge in [0.2, 0.25) is 0 Å². The second kappa shape index (κ2) is 12.5. The molecular weight excluding hydrogens is 614 g/mol. The summed E-state index contributed by atoms with van der Waals surface area (Å²) in [5, 5.41) is 7.34. The van der Waals surface area contributed by atoms with Crippen LogP contribution in [-0.2, 0) is 6.61 Å². The molecule has 6 nitrogen and oxygen atoms in total. The Kier molecular flexibility index (Phi) is 8.31. The summed E-state index contributed by atoms with van der Waals surface area (Å²) in [7, 11) is 1.68. The molecule has 0 amide bonds. The smallest absolute Gasteiger partial charge is 0.282 e. The lowest BCUT2D eigenvalue weighted by atomic mass is 9.96. The van der Waals surface area contributed by atoms with Crippen molar-refractivity contribution >= 4 is 43.8 Å². The summed E-state index contributed by atoms with van der Waals surface area (Å²) in [4.78, 5) is 19.0. The van der Waals surface area contributed by atoms with E-state index < -0.39 is 0 Å². The average molecular weight is 647 g/mol. The van der Waals surface area contributed by atoms with E-state index in [4.69, 9.17) is 19.6 Å². The second-order valence-electron chi connectivity index (χ2n) is 11.0. The molecule has 0 aliphatic rings. The molecule has 0 unspecified atom stereocenters. The molecule has 0 aliphatic carbocycles. The quantitative estimate of drug-likeness (QED) is 0.155. The molecule has 0 spiro atoms. The van der Waals surface area contributed by atoms with Crippen molar-refractivity contribution in [3.8, 4) is 22.9 Å².